The summed E-state index contributed by atoms with van der Waals surface area (Å²) in [6.07, 6.45) is 0. The van der Waals surface area contributed by atoms with Crippen LogP contribution in [0.2, 0.25) is 0 Å². The third-order valence-corrected chi connectivity index (χ3v) is 3.49. The minimum Gasteiger partial charge on any atom is -0.480 e. The average Bonchev–Trinajstić information content (AvgIpc) is 2.22. The van der Waals surface area contributed by atoms with Crippen LogP contribution >= 0.6 is 0 Å². The van der Waals surface area contributed by atoms with Crippen molar-refractivity contribution in [3.8, 4) is 0 Å². The van der Waals surface area contributed by atoms with Crippen molar-refractivity contribution in [2.24, 2.45) is 17.3 Å². The molecule has 3 N–H and O–H groups in total. The second-order valence-electron chi connectivity index (χ2n) is 6.03. The van der Waals surface area contributed by atoms with E-state index in [1.165, 1.54) is 0 Å². The predicted molar refractivity (Wildman–Crippen MR) is 71.4 cm³/mol. The van der Waals surface area contributed by atoms with Gasteiger partial charge in [-0.1, -0.05) is 41.5 Å². The van der Waals surface area contributed by atoms with Crippen molar-refractivity contribution in [2.45, 2.75) is 47.6 Å². The van der Waals surface area contributed by atoms with Gasteiger partial charge < -0.3 is 15.7 Å². The Balaban J connectivity index is 4.31. The Morgan fingerprint density at radius 1 is 1.17 bits per heavy atom. The lowest BCUT2D eigenvalue weighted by atomic mass is 9.81. The minimum atomic E-state index is -1.01. The van der Waals surface area contributed by atoms with E-state index >= 15 is 0 Å². The zero-order valence-electron chi connectivity index (χ0n) is 12.2. The fourth-order valence-electron chi connectivity index (χ4n) is 1.22. The molecule has 0 rings (SSSR count). The molecule has 0 saturated carbocycles. The van der Waals surface area contributed by atoms with Gasteiger partial charge in [0.05, 0.1) is 0 Å². The zero-order valence-corrected chi connectivity index (χ0v) is 12.2. The molecular weight excluding hydrogens is 232 g/mol. The van der Waals surface area contributed by atoms with Crippen molar-refractivity contribution < 1.29 is 14.7 Å². The number of hydrogen-bond donors (Lipinski definition) is 3. The quantitative estimate of drug-likeness (QED) is 0.682. The van der Waals surface area contributed by atoms with Gasteiger partial charge in [-0.3, -0.25) is 0 Å². The van der Waals surface area contributed by atoms with Crippen molar-refractivity contribution in [1.29, 1.82) is 0 Å². The van der Waals surface area contributed by atoms with Crippen molar-refractivity contribution in [3.63, 3.8) is 0 Å². The summed E-state index contributed by atoms with van der Waals surface area (Å²) < 4.78 is 0. The highest BCUT2D eigenvalue weighted by atomic mass is 16.4. The van der Waals surface area contributed by atoms with Crippen molar-refractivity contribution in [3.05, 3.63) is 0 Å². The molecule has 1 unspecified atom stereocenters. The third kappa shape index (κ3) is 5.38. The highest BCUT2D eigenvalue weighted by Gasteiger charge is 2.26. The molecule has 0 bridgehead atoms. The van der Waals surface area contributed by atoms with E-state index in [9.17, 15) is 9.59 Å². The fraction of sp³-hybridized carbons (Fsp3) is 0.846. The van der Waals surface area contributed by atoms with Crippen LogP contribution in [0.5, 0.6) is 0 Å². The molecular formula is C13H26N2O3. The lowest BCUT2D eigenvalue weighted by molar-refractivity contribution is -0.140. The molecule has 0 fully saturated rings. The second-order valence-corrected chi connectivity index (χ2v) is 6.03. The third-order valence-electron chi connectivity index (χ3n) is 3.49. The SMILES string of the molecule is CC(C)C(NC(=O)NCC(C)(C)C(C)C)C(=O)O. The molecule has 0 radical (unpaired) electrons. The first kappa shape index (κ1) is 16.7. The Morgan fingerprint density at radius 2 is 1.67 bits per heavy atom. The first-order valence-electron chi connectivity index (χ1n) is 6.35. The van der Waals surface area contributed by atoms with E-state index in [4.69, 9.17) is 5.11 Å². The number of hydrogen-bond acceptors (Lipinski definition) is 2. The molecule has 0 spiro atoms. The molecule has 5 nitrogen and oxygen atoms in total. The standard InChI is InChI=1S/C13H26N2O3/c1-8(2)10(11(16)17)15-12(18)14-7-13(5,6)9(3)4/h8-10H,7H2,1-6H3,(H,16,17)(H2,14,15,18). The minimum absolute atomic E-state index is 0.0199. The number of carboxylic acids is 1. The van der Waals surface area contributed by atoms with Gasteiger partial charge in [-0.25, -0.2) is 9.59 Å². The fourth-order valence-corrected chi connectivity index (χ4v) is 1.22. The Morgan fingerprint density at radius 3 is 2.00 bits per heavy atom. The van der Waals surface area contributed by atoms with E-state index in [1.54, 1.807) is 13.8 Å². The monoisotopic (exact) mass is 258 g/mol. The van der Waals surface area contributed by atoms with E-state index in [2.05, 4.69) is 38.3 Å². The number of nitrogens with one attached hydrogen (secondary N) is 2. The topological polar surface area (TPSA) is 78.4 Å². The van der Waals surface area contributed by atoms with Crippen LogP contribution in [-0.4, -0.2) is 29.7 Å². The van der Waals surface area contributed by atoms with Gasteiger partial charge in [0, 0.05) is 6.54 Å². The maximum absolute atomic E-state index is 11.6. The van der Waals surface area contributed by atoms with Gasteiger partial charge in [-0.2, -0.15) is 0 Å². The number of carboxylic acid groups (broad SMARTS) is 1. The molecule has 0 aromatic rings. The maximum Gasteiger partial charge on any atom is 0.326 e. The van der Waals surface area contributed by atoms with Crippen LogP contribution in [0.1, 0.15) is 41.5 Å². The van der Waals surface area contributed by atoms with Crippen LogP contribution in [0.4, 0.5) is 4.79 Å². The molecule has 0 aromatic carbocycles. The summed E-state index contributed by atoms with van der Waals surface area (Å²) in [5, 5.41) is 14.2. The Hall–Kier alpha value is -1.26. The maximum atomic E-state index is 11.6. The normalized spacial score (nSPS) is 13.6. The summed E-state index contributed by atoms with van der Waals surface area (Å²) in [6.45, 7) is 12.3. The Bertz CT molecular complexity index is 299. The van der Waals surface area contributed by atoms with Gasteiger partial charge in [0.2, 0.25) is 0 Å². The van der Waals surface area contributed by atoms with Crippen molar-refractivity contribution in [1.82, 2.24) is 10.6 Å². The van der Waals surface area contributed by atoms with Crippen LogP contribution in [0, 0.1) is 17.3 Å². The molecule has 5 heteroatoms. The molecule has 0 heterocycles. The lowest BCUT2D eigenvalue weighted by Gasteiger charge is -2.29. The molecule has 0 aromatic heterocycles. The van der Waals surface area contributed by atoms with Crippen molar-refractivity contribution >= 4 is 12.0 Å². The molecule has 1 atom stereocenters. The van der Waals surface area contributed by atoms with Crippen LogP contribution in [0.3, 0.4) is 0 Å². The van der Waals surface area contributed by atoms with Crippen molar-refractivity contribution in [2.75, 3.05) is 6.54 Å². The van der Waals surface area contributed by atoms with Crippen LogP contribution in [0.15, 0.2) is 0 Å². The molecule has 18 heavy (non-hydrogen) atoms. The zero-order chi connectivity index (χ0) is 14.5. The highest BCUT2D eigenvalue weighted by molar-refractivity contribution is 5.82. The molecule has 0 aliphatic carbocycles. The number of carbonyl (C=O) groups is 2. The van der Waals surface area contributed by atoms with Gasteiger partial charge >= 0.3 is 12.0 Å². The summed E-state index contributed by atoms with van der Waals surface area (Å²) in [7, 11) is 0. The summed E-state index contributed by atoms with van der Waals surface area (Å²) in [6, 6.07) is -1.28. The molecule has 2 amide bonds. The van der Waals surface area contributed by atoms with Gasteiger partial charge in [-0.15, -0.1) is 0 Å². The molecule has 0 saturated heterocycles. The highest BCUT2D eigenvalue weighted by Crippen LogP contribution is 2.24. The number of aliphatic carboxylic acids is 1. The van der Waals surface area contributed by atoms with Crippen LogP contribution < -0.4 is 10.6 Å². The molecule has 106 valence electrons. The van der Waals surface area contributed by atoms with E-state index in [0.29, 0.717) is 12.5 Å². The van der Waals surface area contributed by atoms with Crippen LogP contribution in [-0.2, 0) is 4.79 Å². The van der Waals surface area contributed by atoms with E-state index in [1.807, 2.05) is 0 Å². The number of urea groups is 1. The number of amides is 2. The van der Waals surface area contributed by atoms with Gasteiger partial charge in [0.15, 0.2) is 0 Å². The lowest BCUT2D eigenvalue weighted by Crippen LogP contribution is -2.50. The number of rotatable bonds is 6. The summed E-state index contributed by atoms with van der Waals surface area (Å²) in [4.78, 5) is 22.6. The first-order chi connectivity index (χ1) is 8.08. The summed E-state index contributed by atoms with van der Waals surface area (Å²) >= 11 is 0. The summed E-state index contributed by atoms with van der Waals surface area (Å²) in [5.74, 6) is -0.729. The smallest absolute Gasteiger partial charge is 0.326 e. The summed E-state index contributed by atoms with van der Waals surface area (Å²) in [5.41, 5.74) is -0.0199. The largest absolute Gasteiger partial charge is 0.480 e. The van der Waals surface area contributed by atoms with Gasteiger partial charge in [0.25, 0.3) is 0 Å². The van der Waals surface area contributed by atoms with E-state index in [0.717, 1.165) is 0 Å². The van der Waals surface area contributed by atoms with Gasteiger partial charge in [-0.05, 0) is 17.3 Å². The Labute approximate surface area is 109 Å². The van der Waals surface area contributed by atoms with Crippen LogP contribution in [0.25, 0.3) is 0 Å². The van der Waals surface area contributed by atoms with Gasteiger partial charge in [0.1, 0.15) is 6.04 Å². The number of carbonyl (C=O) groups excluding carboxylic acids is 1. The Kier molecular flexibility index (Phi) is 6.15. The molecule has 0 aliphatic heterocycles. The van der Waals surface area contributed by atoms with E-state index in [-0.39, 0.29) is 11.3 Å². The first-order valence-corrected chi connectivity index (χ1v) is 6.35. The second kappa shape index (κ2) is 6.61. The predicted octanol–water partition coefficient (Wildman–Crippen LogP) is 2.08. The van der Waals surface area contributed by atoms with E-state index < -0.39 is 18.0 Å². The average molecular weight is 258 g/mol. The molecule has 0 aliphatic rings.